The van der Waals surface area contributed by atoms with Crippen molar-refractivity contribution >= 4 is 53.7 Å². The van der Waals surface area contributed by atoms with Crippen molar-refractivity contribution in [3.63, 3.8) is 0 Å². The molecule has 6 amide bonds. The van der Waals surface area contributed by atoms with E-state index in [1.165, 1.54) is 6.92 Å². The maximum atomic E-state index is 13.6. The number of benzene rings is 2. The molecule has 0 radical (unpaired) electrons. The van der Waals surface area contributed by atoms with E-state index in [0.717, 1.165) is 0 Å². The standard InChI is InChI=1S/C39H53N7O11/c1-4-23(2)34(46-35(53)27(40)15-17-32(49)50)39(57)45-29(19-25-11-7-5-8-12-25)36(54)41-21-31(48)43-28(16-18-33(51)52)37(55)44-30(38(56)42-24(3)22-47)20-26-13-9-6-10-14-26/h5-14,22-24,27-30,34H,4,15-21,40H2,1-3H3,(H,41,54)(H,42,56)(H,43,48)(H,44,55)(H,45,57)(H,46,53)(H,49,50)(H,51,52). The number of carboxylic acids is 2. The average Bonchev–Trinajstić information content (AvgIpc) is 3.19. The number of amides is 6. The lowest BCUT2D eigenvalue weighted by atomic mass is 9.96. The van der Waals surface area contributed by atoms with Gasteiger partial charge in [0.2, 0.25) is 35.4 Å². The zero-order valence-electron chi connectivity index (χ0n) is 32.2. The molecule has 7 unspecified atom stereocenters. The van der Waals surface area contributed by atoms with Crippen LogP contribution in [0.25, 0.3) is 0 Å². The quantitative estimate of drug-likeness (QED) is 0.0566. The van der Waals surface area contributed by atoms with E-state index in [2.05, 4.69) is 31.9 Å². The molecule has 57 heavy (non-hydrogen) atoms. The van der Waals surface area contributed by atoms with E-state index in [1.807, 2.05) is 0 Å². The van der Waals surface area contributed by atoms with Gasteiger partial charge in [-0.2, -0.15) is 0 Å². The summed E-state index contributed by atoms with van der Waals surface area (Å²) in [6, 6.07) is 10.1. The lowest BCUT2D eigenvalue weighted by Gasteiger charge is -2.27. The third-order valence-electron chi connectivity index (χ3n) is 8.93. The van der Waals surface area contributed by atoms with Gasteiger partial charge in [0.05, 0.1) is 18.6 Å². The second-order valence-electron chi connectivity index (χ2n) is 13.6. The molecule has 18 nitrogen and oxygen atoms in total. The van der Waals surface area contributed by atoms with Crippen LogP contribution in [-0.4, -0.2) is 107 Å². The monoisotopic (exact) mass is 795 g/mol. The minimum Gasteiger partial charge on any atom is -0.481 e. The number of nitrogens with one attached hydrogen (secondary N) is 6. The lowest BCUT2D eigenvalue weighted by molar-refractivity contribution is -0.139. The van der Waals surface area contributed by atoms with E-state index in [9.17, 15) is 48.3 Å². The molecule has 0 aliphatic rings. The predicted octanol–water partition coefficient (Wildman–Crippen LogP) is -0.666. The maximum absolute atomic E-state index is 13.6. The minimum atomic E-state index is -1.46. The maximum Gasteiger partial charge on any atom is 0.303 e. The van der Waals surface area contributed by atoms with E-state index < -0.39 is 103 Å². The Morgan fingerprint density at radius 2 is 1.12 bits per heavy atom. The number of carbonyl (C=O) groups is 9. The number of aliphatic carboxylic acids is 2. The molecule has 0 aliphatic heterocycles. The van der Waals surface area contributed by atoms with Crippen LogP contribution in [0.3, 0.4) is 0 Å². The highest BCUT2D eigenvalue weighted by Crippen LogP contribution is 2.12. The van der Waals surface area contributed by atoms with E-state index in [1.54, 1.807) is 74.5 Å². The van der Waals surface area contributed by atoms with Crippen LogP contribution in [0.2, 0.25) is 0 Å². The lowest BCUT2D eigenvalue weighted by Crippen LogP contribution is -2.59. The van der Waals surface area contributed by atoms with Crippen LogP contribution >= 0.6 is 0 Å². The van der Waals surface area contributed by atoms with E-state index in [0.29, 0.717) is 23.8 Å². The Bertz CT molecular complexity index is 1690. The van der Waals surface area contributed by atoms with E-state index in [4.69, 9.17) is 10.8 Å². The summed E-state index contributed by atoms with van der Waals surface area (Å²) in [5, 5.41) is 33.3. The molecule has 2 aromatic rings. The largest absolute Gasteiger partial charge is 0.481 e. The highest BCUT2D eigenvalue weighted by atomic mass is 16.4. The first-order valence-corrected chi connectivity index (χ1v) is 18.5. The Hall–Kier alpha value is -6.17. The van der Waals surface area contributed by atoms with Crippen molar-refractivity contribution in [2.75, 3.05) is 6.54 Å². The molecule has 0 heterocycles. The molecule has 7 atom stereocenters. The second-order valence-corrected chi connectivity index (χ2v) is 13.6. The molecular weight excluding hydrogens is 742 g/mol. The Morgan fingerprint density at radius 1 is 0.632 bits per heavy atom. The second kappa shape index (κ2) is 24.4. The Balaban J connectivity index is 2.23. The summed E-state index contributed by atoms with van der Waals surface area (Å²) in [7, 11) is 0. The van der Waals surface area contributed by atoms with Gasteiger partial charge in [0, 0.05) is 25.7 Å². The van der Waals surface area contributed by atoms with Crippen LogP contribution in [0.15, 0.2) is 60.7 Å². The van der Waals surface area contributed by atoms with Gasteiger partial charge >= 0.3 is 11.9 Å². The molecule has 2 aromatic carbocycles. The number of rotatable bonds is 25. The van der Waals surface area contributed by atoms with Gasteiger partial charge in [0.25, 0.3) is 0 Å². The third kappa shape index (κ3) is 17.4. The summed E-state index contributed by atoms with van der Waals surface area (Å²) >= 11 is 0. The van der Waals surface area contributed by atoms with Gasteiger partial charge in [-0.1, -0.05) is 80.9 Å². The first-order valence-electron chi connectivity index (χ1n) is 18.5. The molecule has 10 N–H and O–H groups in total. The number of hydrogen-bond acceptors (Lipinski definition) is 10. The SMILES string of the molecule is CCC(C)C(NC(=O)C(N)CCC(=O)O)C(=O)NC(Cc1ccccc1)C(=O)NCC(=O)NC(CCC(=O)O)C(=O)NC(Cc1ccccc1)C(=O)NC(C)C=O. The van der Waals surface area contributed by atoms with Gasteiger partial charge in [-0.15, -0.1) is 0 Å². The van der Waals surface area contributed by atoms with Gasteiger partial charge in [-0.3, -0.25) is 38.4 Å². The average molecular weight is 796 g/mol. The Kier molecular flexibility index (Phi) is 20.1. The molecule has 0 saturated carbocycles. The normalized spacial score (nSPS) is 14.5. The van der Waals surface area contributed by atoms with E-state index >= 15 is 0 Å². The zero-order chi connectivity index (χ0) is 42.5. The summed E-state index contributed by atoms with van der Waals surface area (Å²) in [5.41, 5.74) is 7.17. The number of hydrogen-bond donors (Lipinski definition) is 9. The minimum absolute atomic E-state index is 0.00721. The smallest absolute Gasteiger partial charge is 0.303 e. The third-order valence-corrected chi connectivity index (χ3v) is 8.93. The number of nitrogens with two attached hydrogens (primary N) is 1. The topological polar surface area (TPSA) is 292 Å². The van der Waals surface area contributed by atoms with Gasteiger partial charge in [0.1, 0.15) is 30.5 Å². The Labute approximate surface area is 330 Å². The van der Waals surface area contributed by atoms with Crippen LogP contribution in [0.4, 0.5) is 0 Å². The fourth-order valence-corrected chi connectivity index (χ4v) is 5.46. The predicted molar refractivity (Wildman–Crippen MR) is 206 cm³/mol. The van der Waals surface area contributed by atoms with Crippen molar-refractivity contribution < 1.29 is 53.4 Å². The molecule has 2 rings (SSSR count). The summed E-state index contributed by atoms with van der Waals surface area (Å²) < 4.78 is 0. The van der Waals surface area contributed by atoms with Crippen molar-refractivity contribution in [3.05, 3.63) is 71.8 Å². The number of carboxylic acid groups (broad SMARTS) is 2. The van der Waals surface area contributed by atoms with Gasteiger partial charge in [0.15, 0.2) is 0 Å². The van der Waals surface area contributed by atoms with Crippen molar-refractivity contribution in [2.45, 2.75) is 102 Å². The van der Waals surface area contributed by atoms with Gasteiger partial charge in [-0.05, 0) is 36.8 Å². The molecule has 0 saturated heterocycles. The zero-order valence-corrected chi connectivity index (χ0v) is 32.2. The molecule has 310 valence electrons. The molecular formula is C39H53N7O11. The van der Waals surface area contributed by atoms with E-state index in [-0.39, 0.29) is 32.1 Å². The molecule has 18 heteroatoms. The number of aldehydes is 1. The fourth-order valence-electron chi connectivity index (χ4n) is 5.46. The number of carbonyl (C=O) groups excluding carboxylic acids is 7. The Morgan fingerprint density at radius 3 is 1.63 bits per heavy atom. The summed E-state index contributed by atoms with van der Waals surface area (Å²) in [5.74, 6) is -7.59. The van der Waals surface area contributed by atoms with Crippen LogP contribution in [0.5, 0.6) is 0 Å². The van der Waals surface area contributed by atoms with Crippen molar-refractivity contribution in [1.29, 1.82) is 0 Å². The molecule has 0 spiro atoms. The first-order chi connectivity index (χ1) is 27.0. The van der Waals surface area contributed by atoms with Crippen LogP contribution in [-0.2, 0) is 56.0 Å². The first kappa shape index (κ1) is 47.0. The van der Waals surface area contributed by atoms with Crippen molar-refractivity contribution in [1.82, 2.24) is 31.9 Å². The highest BCUT2D eigenvalue weighted by molar-refractivity contribution is 5.96. The van der Waals surface area contributed by atoms with Crippen LogP contribution in [0.1, 0.15) is 64.0 Å². The highest BCUT2D eigenvalue weighted by Gasteiger charge is 2.32. The molecule has 0 aliphatic carbocycles. The summed E-state index contributed by atoms with van der Waals surface area (Å²) in [6.45, 7) is 4.22. The summed E-state index contributed by atoms with van der Waals surface area (Å²) in [6.07, 6.45) is -0.522. The molecule has 0 fully saturated rings. The fraction of sp³-hybridized carbons (Fsp3) is 0.462. The molecule has 0 aromatic heterocycles. The van der Waals surface area contributed by atoms with Crippen molar-refractivity contribution in [2.24, 2.45) is 11.7 Å². The molecule has 0 bridgehead atoms. The summed E-state index contributed by atoms with van der Waals surface area (Å²) in [4.78, 5) is 113. The van der Waals surface area contributed by atoms with Crippen LogP contribution < -0.4 is 37.6 Å². The van der Waals surface area contributed by atoms with Gasteiger partial charge in [-0.25, -0.2) is 0 Å². The van der Waals surface area contributed by atoms with Crippen LogP contribution in [0, 0.1) is 5.92 Å². The van der Waals surface area contributed by atoms with Crippen molar-refractivity contribution in [3.8, 4) is 0 Å². The van der Waals surface area contributed by atoms with Gasteiger partial charge < -0.3 is 52.6 Å².